The second-order valence-electron chi connectivity index (χ2n) is 5.69. The SMILES string of the molecule is Cc1c(NC(=O)COC(=O)c2ccc(NC(=O)C(F)(F)F)cc2)ccc(Br)c1Cl. The first-order valence-corrected chi connectivity index (χ1v) is 9.06. The van der Waals surface area contributed by atoms with E-state index in [4.69, 9.17) is 16.3 Å². The average Bonchev–Trinajstić information content (AvgIpc) is 2.66. The van der Waals surface area contributed by atoms with Gasteiger partial charge in [0.2, 0.25) is 0 Å². The molecule has 11 heteroatoms. The van der Waals surface area contributed by atoms with Crippen molar-refractivity contribution in [3.05, 3.63) is 57.0 Å². The molecule has 0 aliphatic rings. The van der Waals surface area contributed by atoms with Gasteiger partial charge in [0.1, 0.15) is 0 Å². The Morgan fingerprint density at radius 3 is 2.28 bits per heavy atom. The van der Waals surface area contributed by atoms with Gasteiger partial charge >= 0.3 is 18.1 Å². The highest BCUT2D eigenvalue weighted by Crippen LogP contribution is 2.31. The van der Waals surface area contributed by atoms with E-state index in [0.29, 0.717) is 20.7 Å². The third-order valence-electron chi connectivity index (χ3n) is 3.58. The second kappa shape index (κ2) is 9.27. The molecule has 29 heavy (non-hydrogen) atoms. The van der Waals surface area contributed by atoms with Gasteiger partial charge in [0.15, 0.2) is 6.61 Å². The fourth-order valence-corrected chi connectivity index (χ4v) is 2.67. The number of ether oxygens (including phenoxy) is 1. The van der Waals surface area contributed by atoms with Gasteiger partial charge < -0.3 is 15.4 Å². The predicted octanol–water partition coefficient (Wildman–Crippen LogP) is 4.71. The van der Waals surface area contributed by atoms with E-state index in [-0.39, 0.29) is 11.3 Å². The first-order valence-electron chi connectivity index (χ1n) is 7.89. The lowest BCUT2D eigenvalue weighted by molar-refractivity contribution is -0.167. The van der Waals surface area contributed by atoms with Crippen molar-refractivity contribution in [2.75, 3.05) is 17.2 Å². The van der Waals surface area contributed by atoms with Crippen molar-refractivity contribution in [2.45, 2.75) is 13.1 Å². The van der Waals surface area contributed by atoms with Gasteiger partial charge in [0.25, 0.3) is 5.91 Å². The summed E-state index contributed by atoms with van der Waals surface area (Å²) in [6.45, 7) is 1.12. The molecule has 0 radical (unpaired) electrons. The Balaban J connectivity index is 1.91. The zero-order chi connectivity index (χ0) is 21.8. The number of esters is 1. The number of amides is 2. The third kappa shape index (κ3) is 6.20. The van der Waals surface area contributed by atoms with Crippen molar-refractivity contribution in [3.8, 4) is 0 Å². The Kier molecular flexibility index (Phi) is 7.26. The molecule has 2 aromatic rings. The molecule has 0 aromatic heterocycles. The third-order valence-corrected chi connectivity index (χ3v) is 4.96. The predicted molar refractivity (Wildman–Crippen MR) is 104 cm³/mol. The number of benzene rings is 2. The fourth-order valence-electron chi connectivity index (χ4n) is 2.08. The van der Waals surface area contributed by atoms with E-state index in [0.717, 1.165) is 24.3 Å². The number of hydrogen-bond donors (Lipinski definition) is 2. The van der Waals surface area contributed by atoms with Gasteiger partial charge in [-0.2, -0.15) is 13.2 Å². The Morgan fingerprint density at radius 2 is 1.69 bits per heavy atom. The number of carbonyl (C=O) groups excluding carboxylic acids is 3. The number of halogens is 5. The van der Waals surface area contributed by atoms with Gasteiger partial charge in [0, 0.05) is 15.8 Å². The van der Waals surface area contributed by atoms with Crippen LogP contribution in [0.3, 0.4) is 0 Å². The summed E-state index contributed by atoms with van der Waals surface area (Å²) in [5.74, 6) is -3.60. The van der Waals surface area contributed by atoms with E-state index in [1.54, 1.807) is 24.4 Å². The number of nitrogens with one attached hydrogen (secondary N) is 2. The van der Waals surface area contributed by atoms with E-state index in [1.165, 1.54) is 0 Å². The lowest BCUT2D eigenvalue weighted by Gasteiger charge is -2.11. The summed E-state index contributed by atoms with van der Waals surface area (Å²) >= 11 is 9.33. The van der Waals surface area contributed by atoms with Crippen LogP contribution in [0.25, 0.3) is 0 Å². The molecule has 0 aliphatic carbocycles. The van der Waals surface area contributed by atoms with Crippen LogP contribution in [-0.2, 0) is 14.3 Å². The molecule has 154 valence electrons. The molecule has 2 N–H and O–H groups in total. The molecule has 0 heterocycles. The average molecular weight is 494 g/mol. The molecule has 0 spiro atoms. The number of rotatable bonds is 5. The number of anilines is 2. The summed E-state index contributed by atoms with van der Waals surface area (Å²) in [5.41, 5.74) is 0.913. The first kappa shape index (κ1) is 22.7. The van der Waals surface area contributed by atoms with Crippen molar-refractivity contribution in [1.82, 2.24) is 0 Å². The van der Waals surface area contributed by atoms with Crippen LogP contribution in [0.15, 0.2) is 40.9 Å². The van der Waals surface area contributed by atoms with Gasteiger partial charge in [-0.3, -0.25) is 9.59 Å². The van der Waals surface area contributed by atoms with Crippen molar-refractivity contribution in [2.24, 2.45) is 0 Å². The topological polar surface area (TPSA) is 84.5 Å². The van der Waals surface area contributed by atoms with Crippen molar-refractivity contribution in [1.29, 1.82) is 0 Å². The zero-order valence-electron chi connectivity index (χ0n) is 14.7. The fraction of sp³-hybridized carbons (Fsp3) is 0.167. The number of carbonyl (C=O) groups is 3. The molecule has 0 saturated carbocycles. The zero-order valence-corrected chi connectivity index (χ0v) is 17.0. The minimum absolute atomic E-state index is 0.00863. The summed E-state index contributed by atoms with van der Waals surface area (Å²) in [5, 5.41) is 4.63. The lowest BCUT2D eigenvalue weighted by atomic mass is 10.2. The maximum atomic E-state index is 12.2. The van der Waals surface area contributed by atoms with Crippen LogP contribution in [0.2, 0.25) is 5.02 Å². The second-order valence-corrected chi connectivity index (χ2v) is 6.92. The van der Waals surface area contributed by atoms with E-state index in [2.05, 4.69) is 21.2 Å². The standard InChI is InChI=1S/C18H13BrClF3N2O4/c1-9-13(7-6-12(19)15(9)20)25-14(26)8-29-16(27)10-2-4-11(5-3-10)24-17(28)18(21,22)23/h2-7H,8H2,1H3,(H,24,28)(H,25,26). The molecule has 2 rings (SSSR count). The van der Waals surface area contributed by atoms with Crippen LogP contribution in [0.5, 0.6) is 0 Å². The van der Waals surface area contributed by atoms with E-state index in [9.17, 15) is 27.6 Å². The minimum Gasteiger partial charge on any atom is -0.452 e. The van der Waals surface area contributed by atoms with Gasteiger partial charge in [0.05, 0.1) is 10.6 Å². The molecule has 6 nitrogen and oxygen atoms in total. The Hall–Kier alpha value is -2.59. The summed E-state index contributed by atoms with van der Waals surface area (Å²) < 4.78 is 42.2. The van der Waals surface area contributed by atoms with Crippen LogP contribution in [0, 0.1) is 6.92 Å². The highest BCUT2D eigenvalue weighted by Gasteiger charge is 2.38. The van der Waals surface area contributed by atoms with Gasteiger partial charge in [-0.25, -0.2) is 4.79 Å². The first-order chi connectivity index (χ1) is 13.5. The normalized spacial score (nSPS) is 11.0. The maximum Gasteiger partial charge on any atom is 0.471 e. The highest BCUT2D eigenvalue weighted by atomic mass is 79.9. The summed E-state index contributed by atoms with van der Waals surface area (Å²) in [7, 11) is 0. The quantitative estimate of drug-likeness (QED) is 0.591. The molecular weight excluding hydrogens is 481 g/mol. The monoisotopic (exact) mass is 492 g/mol. The van der Waals surface area contributed by atoms with Gasteiger partial charge in [-0.15, -0.1) is 0 Å². The maximum absolute atomic E-state index is 12.2. The smallest absolute Gasteiger partial charge is 0.452 e. The molecule has 2 aromatic carbocycles. The summed E-state index contributed by atoms with van der Waals surface area (Å²) in [6.07, 6.45) is -5.03. The molecule has 0 fully saturated rings. The Morgan fingerprint density at radius 1 is 1.07 bits per heavy atom. The molecule has 0 unspecified atom stereocenters. The largest absolute Gasteiger partial charge is 0.471 e. The van der Waals surface area contributed by atoms with Crippen LogP contribution in [0.1, 0.15) is 15.9 Å². The van der Waals surface area contributed by atoms with E-state index in [1.807, 2.05) is 0 Å². The summed E-state index contributed by atoms with van der Waals surface area (Å²) in [4.78, 5) is 34.8. The van der Waals surface area contributed by atoms with Crippen molar-refractivity contribution >= 4 is 56.7 Å². The van der Waals surface area contributed by atoms with Crippen molar-refractivity contribution in [3.63, 3.8) is 0 Å². The molecule has 0 saturated heterocycles. The molecule has 2 amide bonds. The Bertz CT molecular complexity index is 949. The van der Waals surface area contributed by atoms with E-state index < -0.39 is 30.6 Å². The van der Waals surface area contributed by atoms with Crippen LogP contribution < -0.4 is 10.6 Å². The minimum atomic E-state index is -5.03. The lowest BCUT2D eigenvalue weighted by Crippen LogP contribution is -2.29. The highest BCUT2D eigenvalue weighted by molar-refractivity contribution is 9.10. The molecular formula is C18H13BrClF3N2O4. The van der Waals surface area contributed by atoms with E-state index >= 15 is 0 Å². The van der Waals surface area contributed by atoms with Crippen LogP contribution >= 0.6 is 27.5 Å². The van der Waals surface area contributed by atoms with Crippen molar-refractivity contribution < 1.29 is 32.3 Å². The van der Waals surface area contributed by atoms with Gasteiger partial charge in [-0.1, -0.05) is 11.6 Å². The molecule has 0 bridgehead atoms. The van der Waals surface area contributed by atoms with Gasteiger partial charge in [-0.05, 0) is 64.8 Å². The van der Waals surface area contributed by atoms with Crippen LogP contribution in [-0.4, -0.2) is 30.6 Å². The van der Waals surface area contributed by atoms with Crippen LogP contribution in [0.4, 0.5) is 24.5 Å². The summed E-state index contributed by atoms with van der Waals surface area (Å²) in [6, 6.07) is 7.80. The number of hydrogen-bond acceptors (Lipinski definition) is 4. The molecule has 0 atom stereocenters. The Labute approximate surface area is 176 Å². The molecule has 0 aliphatic heterocycles. The number of alkyl halides is 3.